The summed E-state index contributed by atoms with van der Waals surface area (Å²) in [5, 5.41) is 0. The number of halogens is 2. The van der Waals surface area contributed by atoms with Gasteiger partial charge in [-0.2, -0.15) is 0 Å². The molecular weight excluding hydrogens is 489 g/mol. The molecule has 3 aliphatic carbocycles. The number of ether oxygens (including phenoxy) is 1. The number of carbonyl (C=O) groups is 1. The van der Waals surface area contributed by atoms with Gasteiger partial charge in [0.25, 0.3) is 0 Å². The summed E-state index contributed by atoms with van der Waals surface area (Å²) in [4.78, 5) is 13.0. The van der Waals surface area contributed by atoms with Gasteiger partial charge >= 0.3 is 5.97 Å². The molecule has 39 heavy (non-hydrogen) atoms. The van der Waals surface area contributed by atoms with Gasteiger partial charge in [0, 0.05) is 12.0 Å². The van der Waals surface area contributed by atoms with Crippen LogP contribution >= 0.6 is 0 Å². The first-order valence-electron chi connectivity index (χ1n) is 15.9. The Morgan fingerprint density at radius 2 is 1.72 bits per heavy atom. The number of hydrogen-bond donors (Lipinski definition) is 0. The van der Waals surface area contributed by atoms with Crippen molar-refractivity contribution in [2.45, 2.75) is 122 Å². The number of benzene rings is 1. The highest BCUT2D eigenvalue weighted by molar-refractivity contribution is 6.12. The van der Waals surface area contributed by atoms with E-state index in [0.29, 0.717) is 30.4 Å². The SMILES string of the molecule is BC(CCC)c1ccc(C2=CCC(OC(=O)C3CCC(C4CCC(CC/C=C/C)CC4)CC3)CC2)c(F)c1F. The molecule has 1 aromatic rings. The molecule has 0 heterocycles. The Morgan fingerprint density at radius 1 is 1.03 bits per heavy atom. The maximum Gasteiger partial charge on any atom is 0.309 e. The summed E-state index contributed by atoms with van der Waals surface area (Å²) >= 11 is 0. The van der Waals surface area contributed by atoms with Crippen LogP contribution in [0.5, 0.6) is 0 Å². The van der Waals surface area contributed by atoms with Gasteiger partial charge in [0.2, 0.25) is 0 Å². The largest absolute Gasteiger partial charge is 0.462 e. The summed E-state index contributed by atoms with van der Waals surface area (Å²) in [5.41, 5.74) is 1.64. The second-order valence-corrected chi connectivity index (χ2v) is 12.6. The standard InChI is InChI=1S/C34H49BF2O2/c1-3-5-6-8-23-9-11-24(12-10-23)25-13-15-27(16-14-25)34(38)39-28-19-17-26(18-20-28)29-21-22-30(31(35)7-4-2)33(37)32(29)36/h3,5,17,21-25,27-28,31H,4,6-16,18-20,35H2,1-2H3/b5-3+. The smallest absolute Gasteiger partial charge is 0.309 e. The fourth-order valence-corrected chi connectivity index (χ4v) is 7.48. The van der Waals surface area contributed by atoms with E-state index in [1.165, 1.54) is 38.5 Å². The first-order chi connectivity index (χ1) is 18.9. The number of carbonyl (C=O) groups excluding carboxylic acids is 1. The van der Waals surface area contributed by atoms with Crippen molar-refractivity contribution in [1.82, 2.24) is 0 Å². The van der Waals surface area contributed by atoms with Gasteiger partial charge < -0.3 is 4.74 Å². The molecule has 1 aromatic carbocycles. The van der Waals surface area contributed by atoms with E-state index >= 15 is 0 Å². The van der Waals surface area contributed by atoms with Crippen LogP contribution in [-0.4, -0.2) is 19.9 Å². The number of rotatable bonds is 10. The average molecular weight is 539 g/mol. The predicted octanol–water partition coefficient (Wildman–Crippen LogP) is 8.89. The van der Waals surface area contributed by atoms with Crippen LogP contribution in [0, 0.1) is 35.3 Å². The third-order valence-electron chi connectivity index (χ3n) is 10.00. The highest BCUT2D eigenvalue weighted by atomic mass is 19.2. The zero-order valence-corrected chi connectivity index (χ0v) is 24.5. The summed E-state index contributed by atoms with van der Waals surface area (Å²) in [7, 11) is 1.95. The van der Waals surface area contributed by atoms with Crippen LogP contribution in [0.3, 0.4) is 0 Å². The van der Waals surface area contributed by atoms with Crippen molar-refractivity contribution in [2.24, 2.45) is 23.7 Å². The van der Waals surface area contributed by atoms with Crippen LogP contribution in [0.2, 0.25) is 0 Å². The monoisotopic (exact) mass is 538 g/mol. The molecule has 2 fully saturated rings. The van der Waals surface area contributed by atoms with Gasteiger partial charge in [-0.1, -0.05) is 63.0 Å². The number of hydrogen-bond acceptors (Lipinski definition) is 2. The lowest BCUT2D eigenvalue weighted by atomic mass is 9.68. The maximum atomic E-state index is 14.9. The van der Waals surface area contributed by atoms with Gasteiger partial charge in [0.05, 0.1) is 5.92 Å². The molecular formula is C34H49BF2O2. The van der Waals surface area contributed by atoms with Crippen LogP contribution in [-0.2, 0) is 9.53 Å². The van der Waals surface area contributed by atoms with E-state index in [2.05, 4.69) is 26.0 Å². The molecule has 0 amide bonds. The molecule has 3 aliphatic rings. The van der Waals surface area contributed by atoms with E-state index < -0.39 is 11.6 Å². The van der Waals surface area contributed by atoms with Crippen molar-refractivity contribution in [3.63, 3.8) is 0 Å². The van der Waals surface area contributed by atoms with Gasteiger partial charge in [-0.3, -0.25) is 4.79 Å². The molecule has 2 saturated carbocycles. The van der Waals surface area contributed by atoms with Crippen LogP contribution in [0.15, 0.2) is 30.4 Å². The molecule has 4 rings (SSSR count). The molecule has 0 N–H and O–H groups in total. The molecule has 0 bridgehead atoms. The van der Waals surface area contributed by atoms with E-state index in [4.69, 9.17) is 4.74 Å². The van der Waals surface area contributed by atoms with Crippen LogP contribution in [0.1, 0.15) is 127 Å². The van der Waals surface area contributed by atoms with E-state index in [-0.39, 0.29) is 23.8 Å². The lowest BCUT2D eigenvalue weighted by molar-refractivity contribution is -0.156. The topological polar surface area (TPSA) is 26.3 Å². The number of allylic oxidation sites excluding steroid dienone is 3. The Bertz CT molecular complexity index is 1000. The van der Waals surface area contributed by atoms with Gasteiger partial charge in [-0.25, -0.2) is 8.78 Å². The van der Waals surface area contributed by atoms with E-state index in [0.717, 1.165) is 61.9 Å². The van der Waals surface area contributed by atoms with Gasteiger partial charge in [-0.15, -0.1) is 0 Å². The minimum absolute atomic E-state index is 0.00551. The quantitative estimate of drug-likeness (QED) is 0.169. The molecule has 0 saturated heterocycles. The molecule has 0 aromatic heterocycles. The van der Waals surface area contributed by atoms with Crippen molar-refractivity contribution in [2.75, 3.05) is 0 Å². The van der Waals surface area contributed by atoms with Crippen molar-refractivity contribution in [3.05, 3.63) is 53.1 Å². The molecule has 2 atom stereocenters. The fraction of sp³-hybridized carbons (Fsp3) is 0.676. The molecule has 0 spiro atoms. The molecule has 5 heteroatoms. The number of esters is 1. The Kier molecular flexibility index (Phi) is 11.3. The molecule has 0 radical (unpaired) electrons. The van der Waals surface area contributed by atoms with Crippen LogP contribution in [0.4, 0.5) is 8.78 Å². The minimum atomic E-state index is -0.740. The highest BCUT2D eigenvalue weighted by Crippen LogP contribution is 2.43. The second-order valence-electron chi connectivity index (χ2n) is 12.6. The normalized spacial score (nSPS) is 28.7. The summed E-state index contributed by atoms with van der Waals surface area (Å²) in [5.74, 6) is 1.05. The maximum absolute atomic E-state index is 14.9. The first-order valence-corrected chi connectivity index (χ1v) is 15.9. The van der Waals surface area contributed by atoms with Gasteiger partial charge in [0.1, 0.15) is 14.0 Å². The van der Waals surface area contributed by atoms with Crippen molar-refractivity contribution >= 4 is 19.4 Å². The van der Waals surface area contributed by atoms with Crippen molar-refractivity contribution in [1.29, 1.82) is 0 Å². The van der Waals surface area contributed by atoms with Crippen molar-refractivity contribution in [3.8, 4) is 0 Å². The third kappa shape index (κ3) is 7.85. The molecule has 0 aliphatic heterocycles. The lowest BCUT2D eigenvalue weighted by Crippen LogP contribution is -2.31. The summed E-state index contributed by atoms with van der Waals surface area (Å²) in [6.07, 6.45) is 22.1. The highest BCUT2D eigenvalue weighted by Gasteiger charge is 2.34. The van der Waals surface area contributed by atoms with Crippen molar-refractivity contribution < 1.29 is 18.3 Å². The molecule has 214 valence electrons. The summed E-state index contributed by atoms with van der Waals surface area (Å²) in [6.45, 7) is 4.16. The third-order valence-corrected chi connectivity index (χ3v) is 10.00. The van der Waals surface area contributed by atoms with Gasteiger partial charge in [-0.05, 0) is 106 Å². The zero-order chi connectivity index (χ0) is 27.8. The predicted molar refractivity (Wildman–Crippen MR) is 159 cm³/mol. The Morgan fingerprint density at radius 3 is 2.33 bits per heavy atom. The minimum Gasteiger partial charge on any atom is -0.462 e. The Balaban J connectivity index is 1.21. The Labute approximate surface area is 236 Å². The van der Waals surface area contributed by atoms with E-state index in [1.54, 1.807) is 12.1 Å². The fourth-order valence-electron chi connectivity index (χ4n) is 7.48. The molecule has 2 nitrogen and oxygen atoms in total. The lowest BCUT2D eigenvalue weighted by Gasteiger charge is -2.37. The van der Waals surface area contributed by atoms with E-state index in [1.807, 2.05) is 13.9 Å². The average Bonchev–Trinajstić information content (AvgIpc) is 2.96. The second kappa shape index (κ2) is 14.6. The van der Waals surface area contributed by atoms with E-state index in [9.17, 15) is 13.6 Å². The summed E-state index contributed by atoms with van der Waals surface area (Å²) < 4.78 is 35.7. The van der Waals surface area contributed by atoms with Gasteiger partial charge in [0.15, 0.2) is 11.6 Å². The van der Waals surface area contributed by atoms with Crippen LogP contribution < -0.4 is 0 Å². The first kappa shape index (κ1) is 30.1. The Hall–Kier alpha value is -1.91. The zero-order valence-electron chi connectivity index (χ0n) is 24.5. The molecule has 2 unspecified atom stereocenters. The summed E-state index contributed by atoms with van der Waals surface area (Å²) in [6, 6.07) is 3.47. The van der Waals surface area contributed by atoms with Crippen LogP contribution in [0.25, 0.3) is 5.57 Å².